The lowest BCUT2D eigenvalue weighted by molar-refractivity contribution is -0.120. The Morgan fingerprint density at radius 1 is 1.36 bits per heavy atom. The van der Waals surface area contributed by atoms with Gasteiger partial charge in [-0.1, -0.05) is 32.6 Å². The molecule has 0 radical (unpaired) electrons. The Balaban J connectivity index is 2.16. The van der Waals surface area contributed by atoms with Crippen LogP contribution in [0.1, 0.15) is 51.9 Å². The zero-order valence-corrected chi connectivity index (χ0v) is 9.21. The molecule has 0 unspecified atom stereocenters. The highest BCUT2D eigenvalue weighted by molar-refractivity contribution is 5.54. The van der Waals surface area contributed by atoms with Gasteiger partial charge in [-0.3, -0.25) is 0 Å². The monoisotopic (exact) mass is 198 g/mol. The average molecular weight is 198 g/mol. The van der Waals surface area contributed by atoms with Crippen LogP contribution in [0.2, 0.25) is 0 Å². The van der Waals surface area contributed by atoms with Crippen LogP contribution in [0.4, 0.5) is 0 Å². The Morgan fingerprint density at radius 3 is 2.93 bits per heavy atom. The van der Waals surface area contributed by atoms with E-state index in [-0.39, 0.29) is 12.0 Å². The van der Waals surface area contributed by atoms with Gasteiger partial charge in [-0.25, -0.2) is 0 Å². The van der Waals surface area contributed by atoms with Crippen molar-refractivity contribution in [2.45, 2.75) is 58.0 Å². The fourth-order valence-electron chi connectivity index (χ4n) is 2.09. The van der Waals surface area contributed by atoms with E-state index in [9.17, 15) is 4.79 Å². The molecule has 0 saturated carbocycles. The molecule has 0 aromatic carbocycles. The highest BCUT2D eigenvalue weighted by atomic mass is 16.5. The second kappa shape index (κ2) is 6.99. The number of carbonyl (C=O) groups is 1. The first-order chi connectivity index (χ1) is 6.88. The highest BCUT2D eigenvalue weighted by Crippen LogP contribution is 2.23. The van der Waals surface area contributed by atoms with Crippen LogP contribution >= 0.6 is 0 Å². The van der Waals surface area contributed by atoms with Crippen molar-refractivity contribution in [3.05, 3.63) is 0 Å². The number of ether oxygens (including phenoxy) is 1. The minimum Gasteiger partial charge on any atom is -0.377 e. The van der Waals surface area contributed by atoms with E-state index in [1.54, 1.807) is 0 Å². The predicted octanol–water partition coefficient (Wildman–Crippen LogP) is 2.95. The molecule has 0 amide bonds. The van der Waals surface area contributed by atoms with Gasteiger partial charge < -0.3 is 9.53 Å². The summed E-state index contributed by atoms with van der Waals surface area (Å²) < 4.78 is 5.63. The van der Waals surface area contributed by atoms with Crippen molar-refractivity contribution in [3.63, 3.8) is 0 Å². The zero-order valence-electron chi connectivity index (χ0n) is 9.21. The smallest absolute Gasteiger partial charge is 0.125 e. The number of aldehydes is 1. The van der Waals surface area contributed by atoms with E-state index in [4.69, 9.17) is 4.74 Å². The quantitative estimate of drug-likeness (QED) is 0.484. The highest BCUT2D eigenvalue weighted by Gasteiger charge is 2.24. The zero-order chi connectivity index (χ0) is 10.2. The van der Waals surface area contributed by atoms with Crippen LogP contribution in [0.3, 0.4) is 0 Å². The van der Waals surface area contributed by atoms with E-state index in [2.05, 4.69) is 6.92 Å². The molecule has 0 spiro atoms. The molecule has 1 fully saturated rings. The summed E-state index contributed by atoms with van der Waals surface area (Å²) >= 11 is 0. The summed E-state index contributed by atoms with van der Waals surface area (Å²) in [5, 5.41) is 0. The lowest BCUT2D eigenvalue weighted by atomic mass is 9.92. The molecular weight excluding hydrogens is 176 g/mol. The molecule has 1 rings (SSSR count). The summed E-state index contributed by atoms with van der Waals surface area (Å²) in [5.41, 5.74) is 0. The molecule has 1 heterocycles. The van der Waals surface area contributed by atoms with Crippen molar-refractivity contribution in [1.82, 2.24) is 0 Å². The van der Waals surface area contributed by atoms with Crippen LogP contribution in [0.25, 0.3) is 0 Å². The molecule has 14 heavy (non-hydrogen) atoms. The minimum atomic E-state index is 0.172. The van der Waals surface area contributed by atoms with Crippen molar-refractivity contribution < 1.29 is 9.53 Å². The Morgan fingerprint density at radius 2 is 2.21 bits per heavy atom. The first-order valence-electron chi connectivity index (χ1n) is 5.95. The summed E-state index contributed by atoms with van der Waals surface area (Å²) in [6.07, 6.45) is 9.52. The van der Waals surface area contributed by atoms with Gasteiger partial charge in [-0.05, 0) is 19.3 Å². The topological polar surface area (TPSA) is 26.3 Å². The third-order valence-corrected chi connectivity index (χ3v) is 3.01. The molecule has 1 aliphatic rings. The van der Waals surface area contributed by atoms with E-state index in [1.165, 1.54) is 25.7 Å². The largest absolute Gasteiger partial charge is 0.377 e. The molecule has 1 saturated heterocycles. The molecule has 0 aromatic rings. The summed E-state index contributed by atoms with van der Waals surface area (Å²) in [6, 6.07) is 0. The Bertz CT molecular complexity index is 156. The van der Waals surface area contributed by atoms with Crippen molar-refractivity contribution in [2.75, 3.05) is 6.61 Å². The summed E-state index contributed by atoms with van der Waals surface area (Å²) in [5.74, 6) is 0.172. The number of rotatable bonds is 6. The van der Waals surface area contributed by atoms with Crippen LogP contribution in [0.15, 0.2) is 0 Å². The fourth-order valence-corrected chi connectivity index (χ4v) is 2.09. The number of hydrogen-bond acceptors (Lipinski definition) is 2. The molecule has 0 aromatic heterocycles. The van der Waals surface area contributed by atoms with E-state index in [1.807, 2.05) is 0 Å². The summed E-state index contributed by atoms with van der Waals surface area (Å²) in [4.78, 5) is 10.8. The van der Waals surface area contributed by atoms with Gasteiger partial charge in [0, 0.05) is 12.5 Å². The van der Waals surface area contributed by atoms with Crippen molar-refractivity contribution in [3.8, 4) is 0 Å². The third-order valence-electron chi connectivity index (χ3n) is 3.01. The standard InChI is InChI=1S/C12H22O2/c1-2-3-4-5-8-12-11(10-13)7-6-9-14-12/h10-12H,2-9H2,1H3/t11-,12-/m0/s1. The van der Waals surface area contributed by atoms with Gasteiger partial charge >= 0.3 is 0 Å². The maximum absolute atomic E-state index is 10.8. The lowest BCUT2D eigenvalue weighted by Crippen LogP contribution is -2.30. The van der Waals surface area contributed by atoms with E-state index in [0.717, 1.165) is 32.2 Å². The Hall–Kier alpha value is -0.370. The van der Waals surface area contributed by atoms with Gasteiger partial charge in [0.2, 0.25) is 0 Å². The van der Waals surface area contributed by atoms with Crippen LogP contribution in [-0.4, -0.2) is 19.0 Å². The molecule has 1 aliphatic heterocycles. The second-order valence-electron chi connectivity index (χ2n) is 4.20. The van der Waals surface area contributed by atoms with Crippen LogP contribution in [0, 0.1) is 5.92 Å². The van der Waals surface area contributed by atoms with Gasteiger partial charge in [0.05, 0.1) is 6.10 Å². The van der Waals surface area contributed by atoms with Gasteiger partial charge in [0.1, 0.15) is 6.29 Å². The van der Waals surface area contributed by atoms with Crippen molar-refractivity contribution in [2.24, 2.45) is 5.92 Å². The molecular formula is C12H22O2. The van der Waals surface area contributed by atoms with Gasteiger partial charge in [-0.2, -0.15) is 0 Å². The van der Waals surface area contributed by atoms with Crippen LogP contribution in [-0.2, 0) is 9.53 Å². The fraction of sp³-hybridized carbons (Fsp3) is 0.917. The van der Waals surface area contributed by atoms with Crippen LogP contribution in [0.5, 0.6) is 0 Å². The first kappa shape index (κ1) is 11.7. The van der Waals surface area contributed by atoms with Crippen molar-refractivity contribution >= 4 is 6.29 Å². The Labute approximate surface area is 87.0 Å². The predicted molar refractivity (Wildman–Crippen MR) is 57.3 cm³/mol. The second-order valence-corrected chi connectivity index (χ2v) is 4.20. The molecule has 2 heteroatoms. The number of hydrogen-bond donors (Lipinski definition) is 0. The molecule has 82 valence electrons. The molecule has 0 aliphatic carbocycles. The van der Waals surface area contributed by atoms with Crippen LogP contribution < -0.4 is 0 Å². The van der Waals surface area contributed by atoms with E-state index < -0.39 is 0 Å². The van der Waals surface area contributed by atoms with E-state index in [0.29, 0.717) is 0 Å². The van der Waals surface area contributed by atoms with Gasteiger partial charge in [0.15, 0.2) is 0 Å². The molecule has 2 atom stereocenters. The normalized spacial score (nSPS) is 27.5. The van der Waals surface area contributed by atoms with Gasteiger partial charge in [0.25, 0.3) is 0 Å². The maximum atomic E-state index is 10.8. The summed E-state index contributed by atoms with van der Waals surface area (Å²) in [7, 11) is 0. The number of carbonyl (C=O) groups excluding carboxylic acids is 1. The maximum Gasteiger partial charge on any atom is 0.125 e. The average Bonchev–Trinajstić information content (AvgIpc) is 2.25. The SMILES string of the molecule is CCCCCC[C@@H]1OCCC[C@H]1C=O. The molecule has 2 nitrogen and oxygen atoms in total. The van der Waals surface area contributed by atoms with Gasteiger partial charge in [-0.15, -0.1) is 0 Å². The van der Waals surface area contributed by atoms with Crippen molar-refractivity contribution in [1.29, 1.82) is 0 Å². The first-order valence-corrected chi connectivity index (χ1v) is 5.95. The Kier molecular flexibility index (Phi) is 5.85. The molecule has 0 bridgehead atoms. The minimum absolute atomic E-state index is 0.172. The number of unbranched alkanes of at least 4 members (excludes halogenated alkanes) is 3. The summed E-state index contributed by atoms with van der Waals surface area (Å²) in [6.45, 7) is 3.06. The molecule has 0 N–H and O–H groups in total. The third kappa shape index (κ3) is 3.79. The lowest BCUT2D eigenvalue weighted by Gasteiger charge is -2.28. The van der Waals surface area contributed by atoms with E-state index >= 15 is 0 Å².